The van der Waals surface area contributed by atoms with Crippen molar-refractivity contribution < 1.29 is 4.39 Å². The normalized spacial score (nSPS) is 19.5. The van der Waals surface area contributed by atoms with Gasteiger partial charge >= 0.3 is 0 Å². The van der Waals surface area contributed by atoms with Crippen LogP contribution in [0.5, 0.6) is 0 Å². The van der Waals surface area contributed by atoms with Crippen LogP contribution < -0.4 is 0 Å². The molecule has 0 amide bonds. The zero-order valence-electron chi connectivity index (χ0n) is 11.0. The van der Waals surface area contributed by atoms with E-state index in [1.807, 2.05) is 6.07 Å². The highest BCUT2D eigenvalue weighted by Gasteiger charge is 2.15. The van der Waals surface area contributed by atoms with Gasteiger partial charge in [-0.2, -0.15) is 0 Å². The average Bonchev–Trinajstić information content (AvgIpc) is 2.61. The van der Waals surface area contributed by atoms with Gasteiger partial charge in [-0.3, -0.25) is 0 Å². The van der Waals surface area contributed by atoms with E-state index in [0.717, 1.165) is 25.2 Å². The number of aryl methyl sites for hydroxylation is 1. The van der Waals surface area contributed by atoms with Gasteiger partial charge in [0.25, 0.3) is 0 Å². The van der Waals surface area contributed by atoms with Gasteiger partial charge in [-0.15, -0.1) is 11.6 Å². The molecular weight excluding hydrogens is 249 g/mol. The third-order valence-electron chi connectivity index (χ3n) is 3.66. The molecule has 1 heterocycles. The molecule has 3 heteroatoms. The first-order valence-electron chi connectivity index (χ1n) is 6.79. The lowest BCUT2D eigenvalue weighted by molar-refractivity contribution is 0.285. The van der Waals surface area contributed by atoms with Gasteiger partial charge in [0.05, 0.1) is 5.38 Å². The van der Waals surface area contributed by atoms with Crippen molar-refractivity contribution in [2.75, 3.05) is 19.6 Å². The SMILES string of the molecule is Cc1cc(C(Cl)CN2CCCCCC2)ccc1F. The lowest BCUT2D eigenvalue weighted by Crippen LogP contribution is -2.28. The highest BCUT2D eigenvalue weighted by molar-refractivity contribution is 6.21. The lowest BCUT2D eigenvalue weighted by atomic mass is 10.1. The van der Waals surface area contributed by atoms with Crippen LogP contribution in [-0.2, 0) is 0 Å². The van der Waals surface area contributed by atoms with Crippen LogP contribution >= 0.6 is 11.6 Å². The summed E-state index contributed by atoms with van der Waals surface area (Å²) in [5.41, 5.74) is 1.70. The number of benzene rings is 1. The molecule has 1 fully saturated rings. The molecule has 1 aliphatic rings. The first kappa shape index (κ1) is 13.8. The summed E-state index contributed by atoms with van der Waals surface area (Å²) in [5, 5.41) is -0.0394. The number of halogens is 2. The van der Waals surface area contributed by atoms with E-state index in [4.69, 9.17) is 11.6 Å². The molecule has 1 nitrogen and oxygen atoms in total. The average molecular weight is 270 g/mol. The highest BCUT2D eigenvalue weighted by Crippen LogP contribution is 2.24. The largest absolute Gasteiger partial charge is 0.302 e. The molecule has 0 aromatic heterocycles. The van der Waals surface area contributed by atoms with Crippen molar-refractivity contribution in [2.45, 2.75) is 38.0 Å². The Bertz CT molecular complexity index is 386. The lowest BCUT2D eigenvalue weighted by Gasteiger charge is -2.23. The summed E-state index contributed by atoms with van der Waals surface area (Å²) in [7, 11) is 0. The molecular formula is C15H21ClFN. The molecule has 1 atom stereocenters. The summed E-state index contributed by atoms with van der Waals surface area (Å²) in [5.74, 6) is -0.155. The standard InChI is InChI=1S/C15H21ClFN/c1-12-10-13(6-7-15(12)17)14(16)11-18-8-4-2-3-5-9-18/h6-7,10,14H,2-5,8-9,11H2,1H3. The van der Waals surface area contributed by atoms with Gasteiger partial charge in [-0.1, -0.05) is 25.0 Å². The van der Waals surface area contributed by atoms with E-state index < -0.39 is 0 Å². The molecule has 0 N–H and O–H groups in total. The fraction of sp³-hybridized carbons (Fsp3) is 0.600. The fourth-order valence-electron chi connectivity index (χ4n) is 2.51. The molecule has 2 rings (SSSR count). The minimum absolute atomic E-state index is 0.0394. The minimum atomic E-state index is -0.155. The molecule has 0 aliphatic carbocycles. The van der Waals surface area contributed by atoms with Crippen molar-refractivity contribution in [1.29, 1.82) is 0 Å². The predicted molar refractivity (Wildman–Crippen MR) is 74.6 cm³/mol. The Labute approximate surface area is 114 Å². The van der Waals surface area contributed by atoms with Crippen molar-refractivity contribution >= 4 is 11.6 Å². The Balaban J connectivity index is 1.97. The number of likely N-dealkylation sites (tertiary alicyclic amines) is 1. The van der Waals surface area contributed by atoms with Crippen LogP contribution in [-0.4, -0.2) is 24.5 Å². The number of nitrogens with zero attached hydrogens (tertiary/aromatic N) is 1. The van der Waals surface area contributed by atoms with Crippen molar-refractivity contribution in [1.82, 2.24) is 4.90 Å². The molecule has 0 spiro atoms. The van der Waals surface area contributed by atoms with E-state index in [0.29, 0.717) is 5.56 Å². The second kappa shape index (κ2) is 6.53. The molecule has 1 unspecified atom stereocenters. The van der Waals surface area contributed by atoms with Crippen molar-refractivity contribution in [2.24, 2.45) is 0 Å². The van der Waals surface area contributed by atoms with Crippen molar-refractivity contribution in [3.05, 3.63) is 35.1 Å². The van der Waals surface area contributed by atoms with Gasteiger partial charge in [0.2, 0.25) is 0 Å². The topological polar surface area (TPSA) is 3.24 Å². The smallest absolute Gasteiger partial charge is 0.126 e. The summed E-state index contributed by atoms with van der Waals surface area (Å²) in [4.78, 5) is 2.43. The van der Waals surface area contributed by atoms with Gasteiger partial charge in [-0.05, 0) is 50.0 Å². The number of hydrogen-bond donors (Lipinski definition) is 0. The summed E-state index contributed by atoms with van der Waals surface area (Å²) in [6, 6.07) is 5.19. The second-order valence-corrected chi connectivity index (χ2v) is 5.72. The molecule has 0 radical (unpaired) electrons. The van der Waals surface area contributed by atoms with Crippen LogP contribution in [0.4, 0.5) is 4.39 Å². The predicted octanol–water partition coefficient (Wildman–Crippen LogP) is 4.29. The zero-order chi connectivity index (χ0) is 13.0. The van der Waals surface area contributed by atoms with Crippen LogP contribution in [0.2, 0.25) is 0 Å². The van der Waals surface area contributed by atoms with Gasteiger partial charge < -0.3 is 4.90 Å². The van der Waals surface area contributed by atoms with Gasteiger partial charge in [0.1, 0.15) is 5.82 Å². The summed E-state index contributed by atoms with van der Waals surface area (Å²) >= 11 is 6.45. The highest BCUT2D eigenvalue weighted by atomic mass is 35.5. The van der Waals surface area contributed by atoms with Crippen LogP contribution in [0.25, 0.3) is 0 Å². The zero-order valence-corrected chi connectivity index (χ0v) is 11.7. The van der Waals surface area contributed by atoms with Gasteiger partial charge in [-0.25, -0.2) is 4.39 Å². The summed E-state index contributed by atoms with van der Waals surface area (Å²) in [6.45, 7) is 4.94. The molecule has 1 saturated heterocycles. The molecule has 1 aromatic carbocycles. The van der Waals surface area contributed by atoms with E-state index in [1.54, 1.807) is 13.0 Å². The first-order valence-corrected chi connectivity index (χ1v) is 7.23. The Hall–Kier alpha value is -0.600. The van der Waals surface area contributed by atoms with Crippen LogP contribution in [0.3, 0.4) is 0 Å². The maximum Gasteiger partial charge on any atom is 0.126 e. The summed E-state index contributed by atoms with van der Waals surface area (Å²) < 4.78 is 13.2. The summed E-state index contributed by atoms with van der Waals surface area (Å²) in [6.07, 6.45) is 5.20. The maximum atomic E-state index is 13.2. The van der Waals surface area contributed by atoms with Crippen LogP contribution in [0.15, 0.2) is 18.2 Å². The number of rotatable bonds is 3. The second-order valence-electron chi connectivity index (χ2n) is 5.19. The van der Waals surface area contributed by atoms with Crippen molar-refractivity contribution in [3.8, 4) is 0 Å². The van der Waals surface area contributed by atoms with Crippen molar-refractivity contribution in [3.63, 3.8) is 0 Å². The molecule has 100 valence electrons. The van der Waals surface area contributed by atoms with E-state index >= 15 is 0 Å². The third kappa shape index (κ3) is 3.69. The van der Waals surface area contributed by atoms with Crippen LogP contribution in [0, 0.1) is 12.7 Å². The first-order chi connectivity index (χ1) is 8.66. The third-order valence-corrected chi connectivity index (χ3v) is 4.05. The Morgan fingerprint density at radius 2 is 1.89 bits per heavy atom. The van der Waals surface area contributed by atoms with E-state index in [1.165, 1.54) is 31.7 Å². The van der Waals surface area contributed by atoms with Gasteiger partial charge in [0, 0.05) is 6.54 Å². The molecule has 0 saturated carbocycles. The number of hydrogen-bond acceptors (Lipinski definition) is 1. The molecule has 18 heavy (non-hydrogen) atoms. The quantitative estimate of drug-likeness (QED) is 0.740. The fourth-order valence-corrected chi connectivity index (χ4v) is 2.84. The minimum Gasteiger partial charge on any atom is -0.302 e. The number of alkyl halides is 1. The Morgan fingerprint density at radius 1 is 1.22 bits per heavy atom. The van der Waals surface area contributed by atoms with E-state index in [9.17, 15) is 4.39 Å². The molecule has 0 bridgehead atoms. The monoisotopic (exact) mass is 269 g/mol. The van der Waals surface area contributed by atoms with E-state index in [2.05, 4.69) is 4.90 Å². The van der Waals surface area contributed by atoms with Crippen LogP contribution in [0.1, 0.15) is 42.2 Å². The van der Waals surface area contributed by atoms with E-state index in [-0.39, 0.29) is 11.2 Å². The maximum absolute atomic E-state index is 13.2. The molecule has 1 aliphatic heterocycles. The Morgan fingerprint density at radius 3 is 2.50 bits per heavy atom. The van der Waals surface area contributed by atoms with Gasteiger partial charge in [0.15, 0.2) is 0 Å². The Kier molecular flexibility index (Phi) is 5.02. The molecule has 1 aromatic rings.